The van der Waals surface area contributed by atoms with Crippen LogP contribution in [0.3, 0.4) is 0 Å². The van der Waals surface area contributed by atoms with Crippen LogP contribution in [0.4, 0.5) is 4.39 Å². The van der Waals surface area contributed by atoms with Gasteiger partial charge in [0.05, 0.1) is 5.69 Å². The Labute approximate surface area is 106 Å². The molecule has 2 aromatic rings. The smallest absolute Gasteiger partial charge is 0.247 e. The first kappa shape index (κ1) is 12.0. The number of aromatic nitrogens is 3. The molecule has 0 saturated heterocycles. The van der Waals surface area contributed by atoms with Crippen LogP contribution in [0.2, 0.25) is 0 Å². The summed E-state index contributed by atoms with van der Waals surface area (Å²) in [6, 6.07) is 5.64. The summed E-state index contributed by atoms with van der Waals surface area (Å²) in [6.45, 7) is 0. The summed E-state index contributed by atoms with van der Waals surface area (Å²) in [5, 5.41) is 2.15. The Morgan fingerprint density at radius 3 is 2.59 bits per heavy atom. The molecule has 0 fully saturated rings. The Balaban J connectivity index is 2.29. The fourth-order valence-corrected chi connectivity index (χ4v) is 1.41. The molecule has 0 amide bonds. The van der Waals surface area contributed by atoms with Crippen LogP contribution in [-0.2, 0) is 4.79 Å². The standard InChI is InChI=1S/C10H6Cl2FN3O/c11-8(9(12)17)10-14-5-16(15-10)7-3-1-6(13)2-4-7/h1-5,8H. The molecule has 1 aromatic heterocycles. The first-order chi connectivity index (χ1) is 8.08. The number of benzene rings is 1. The fourth-order valence-electron chi connectivity index (χ4n) is 1.21. The van der Waals surface area contributed by atoms with Gasteiger partial charge in [0.1, 0.15) is 12.1 Å². The molecule has 0 radical (unpaired) electrons. The molecule has 0 N–H and O–H groups in total. The minimum Gasteiger partial charge on any atom is -0.279 e. The van der Waals surface area contributed by atoms with E-state index in [0.29, 0.717) is 5.69 Å². The van der Waals surface area contributed by atoms with E-state index in [1.807, 2.05) is 0 Å². The lowest BCUT2D eigenvalue weighted by atomic mass is 10.3. The van der Waals surface area contributed by atoms with E-state index in [1.165, 1.54) is 35.3 Å². The molecule has 0 aliphatic carbocycles. The molecule has 88 valence electrons. The summed E-state index contributed by atoms with van der Waals surface area (Å²) in [7, 11) is 0. The normalized spacial score (nSPS) is 12.4. The van der Waals surface area contributed by atoms with Gasteiger partial charge in [0.15, 0.2) is 11.2 Å². The van der Waals surface area contributed by atoms with Crippen molar-refractivity contribution in [3.63, 3.8) is 0 Å². The first-order valence-corrected chi connectivity index (χ1v) is 5.40. The molecule has 0 spiro atoms. The van der Waals surface area contributed by atoms with E-state index >= 15 is 0 Å². The lowest BCUT2D eigenvalue weighted by molar-refractivity contribution is -0.111. The number of carbonyl (C=O) groups is 1. The highest BCUT2D eigenvalue weighted by Crippen LogP contribution is 2.19. The molecule has 1 atom stereocenters. The van der Waals surface area contributed by atoms with Gasteiger partial charge >= 0.3 is 0 Å². The second-order valence-corrected chi connectivity index (χ2v) is 4.00. The van der Waals surface area contributed by atoms with Crippen molar-refractivity contribution in [2.24, 2.45) is 0 Å². The Bertz CT molecular complexity index is 541. The SMILES string of the molecule is O=C(Cl)C(Cl)c1ncn(-c2ccc(F)cc2)n1. The molecule has 0 bridgehead atoms. The molecule has 17 heavy (non-hydrogen) atoms. The maximum atomic E-state index is 12.7. The molecule has 7 heteroatoms. The summed E-state index contributed by atoms with van der Waals surface area (Å²) in [6.07, 6.45) is 1.37. The number of hydrogen-bond donors (Lipinski definition) is 0. The van der Waals surface area contributed by atoms with Gasteiger partial charge in [-0.2, -0.15) is 0 Å². The van der Waals surface area contributed by atoms with Crippen molar-refractivity contribution in [3.05, 3.63) is 42.2 Å². The van der Waals surface area contributed by atoms with Gasteiger partial charge in [-0.1, -0.05) is 0 Å². The molecule has 1 unspecified atom stereocenters. The maximum absolute atomic E-state index is 12.7. The number of rotatable bonds is 3. The number of carbonyl (C=O) groups excluding carboxylic acids is 1. The zero-order valence-corrected chi connectivity index (χ0v) is 9.86. The molecule has 1 heterocycles. The number of halogens is 3. The molecule has 0 aliphatic heterocycles. The van der Waals surface area contributed by atoms with E-state index in [0.717, 1.165) is 0 Å². The molecule has 0 aliphatic rings. The minimum atomic E-state index is -1.08. The third-order valence-electron chi connectivity index (χ3n) is 2.03. The topological polar surface area (TPSA) is 47.8 Å². The molecular weight excluding hydrogens is 268 g/mol. The Morgan fingerprint density at radius 1 is 1.35 bits per heavy atom. The van der Waals surface area contributed by atoms with Gasteiger partial charge in [-0.3, -0.25) is 4.79 Å². The van der Waals surface area contributed by atoms with Gasteiger partial charge in [-0.25, -0.2) is 14.1 Å². The van der Waals surface area contributed by atoms with Crippen molar-refractivity contribution in [3.8, 4) is 5.69 Å². The highest BCUT2D eigenvalue weighted by atomic mass is 35.5. The van der Waals surface area contributed by atoms with E-state index < -0.39 is 10.6 Å². The molecule has 1 aromatic carbocycles. The van der Waals surface area contributed by atoms with Crippen molar-refractivity contribution < 1.29 is 9.18 Å². The molecule has 2 rings (SSSR count). The van der Waals surface area contributed by atoms with Gasteiger partial charge in [0, 0.05) is 0 Å². The van der Waals surface area contributed by atoms with Crippen molar-refractivity contribution in [2.75, 3.05) is 0 Å². The van der Waals surface area contributed by atoms with E-state index in [4.69, 9.17) is 23.2 Å². The van der Waals surface area contributed by atoms with Crippen LogP contribution in [0, 0.1) is 5.82 Å². The third kappa shape index (κ3) is 2.62. The lowest BCUT2D eigenvalue weighted by Gasteiger charge is -2.00. The van der Waals surface area contributed by atoms with E-state index in [-0.39, 0.29) is 11.6 Å². The zero-order chi connectivity index (χ0) is 12.4. The summed E-state index contributed by atoms with van der Waals surface area (Å²) >= 11 is 10.9. The monoisotopic (exact) mass is 273 g/mol. The second-order valence-electron chi connectivity index (χ2n) is 3.19. The largest absolute Gasteiger partial charge is 0.279 e. The molecule has 0 saturated carbocycles. The molecular formula is C10H6Cl2FN3O. The van der Waals surface area contributed by atoms with Crippen molar-refractivity contribution >= 4 is 28.4 Å². The third-order valence-corrected chi connectivity index (χ3v) is 2.75. The zero-order valence-electron chi connectivity index (χ0n) is 8.35. The molecule has 4 nitrogen and oxygen atoms in total. The van der Waals surface area contributed by atoms with Crippen molar-refractivity contribution in [1.82, 2.24) is 14.8 Å². The van der Waals surface area contributed by atoms with Crippen LogP contribution in [-0.4, -0.2) is 20.0 Å². The van der Waals surface area contributed by atoms with Crippen molar-refractivity contribution in [2.45, 2.75) is 5.38 Å². The van der Waals surface area contributed by atoms with Gasteiger partial charge < -0.3 is 0 Å². The van der Waals surface area contributed by atoms with Crippen LogP contribution in [0.25, 0.3) is 5.69 Å². The lowest BCUT2D eigenvalue weighted by Crippen LogP contribution is -2.03. The van der Waals surface area contributed by atoms with Crippen LogP contribution in [0.1, 0.15) is 11.2 Å². The van der Waals surface area contributed by atoms with E-state index in [2.05, 4.69) is 10.1 Å². The van der Waals surface area contributed by atoms with Crippen LogP contribution in [0.5, 0.6) is 0 Å². The number of nitrogens with zero attached hydrogens (tertiary/aromatic N) is 3. The van der Waals surface area contributed by atoms with E-state index in [1.54, 1.807) is 0 Å². The van der Waals surface area contributed by atoms with Gasteiger partial charge in [-0.15, -0.1) is 16.7 Å². The fraction of sp³-hybridized carbons (Fsp3) is 0.100. The van der Waals surface area contributed by atoms with Crippen LogP contribution >= 0.6 is 23.2 Å². The highest BCUT2D eigenvalue weighted by Gasteiger charge is 2.19. The Kier molecular flexibility index (Phi) is 3.40. The second kappa shape index (κ2) is 4.81. The quantitative estimate of drug-likeness (QED) is 0.638. The van der Waals surface area contributed by atoms with Gasteiger partial charge in [0.25, 0.3) is 0 Å². The predicted octanol–water partition coefficient (Wildman–Crippen LogP) is 2.45. The number of hydrogen-bond acceptors (Lipinski definition) is 3. The summed E-state index contributed by atoms with van der Waals surface area (Å²) in [4.78, 5) is 14.7. The van der Waals surface area contributed by atoms with Crippen molar-refractivity contribution in [1.29, 1.82) is 0 Å². The first-order valence-electron chi connectivity index (χ1n) is 4.59. The summed E-state index contributed by atoms with van der Waals surface area (Å²) in [5.74, 6) is -0.240. The van der Waals surface area contributed by atoms with Gasteiger partial charge in [-0.05, 0) is 35.9 Å². The maximum Gasteiger partial charge on any atom is 0.247 e. The van der Waals surface area contributed by atoms with Crippen LogP contribution < -0.4 is 0 Å². The average Bonchev–Trinajstić information content (AvgIpc) is 2.78. The number of alkyl halides is 1. The summed E-state index contributed by atoms with van der Waals surface area (Å²) in [5.41, 5.74) is 0.607. The Morgan fingerprint density at radius 2 is 2.00 bits per heavy atom. The van der Waals surface area contributed by atoms with Crippen LogP contribution in [0.15, 0.2) is 30.6 Å². The predicted molar refractivity (Wildman–Crippen MR) is 60.8 cm³/mol. The average molecular weight is 274 g/mol. The van der Waals surface area contributed by atoms with Gasteiger partial charge in [0.2, 0.25) is 5.24 Å². The van der Waals surface area contributed by atoms with E-state index in [9.17, 15) is 9.18 Å². The summed E-state index contributed by atoms with van der Waals surface area (Å²) < 4.78 is 14.1. The Hall–Kier alpha value is -1.46. The minimum absolute atomic E-state index is 0.107. The highest BCUT2D eigenvalue weighted by molar-refractivity contribution is 6.68.